The lowest BCUT2D eigenvalue weighted by Gasteiger charge is -2.32. The quantitative estimate of drug-likeness (QED) is 0.640. The lowest BCUT2D eigenvalue weighted by atomic mass is 10.1. The highest BCUT2D eigenvalue weighted by atomic mass is 32.2. The lowest BCUT2D eigenvalue weighted by Crippen LogP contribution is -2.42. The largest absolute Gasteiger partial charge is 0.339 e. The fraction of sp³-hybridized carbons (Fsp3) is 0.391. The van der Waals surface area contributed by atoms with Gasteiger partial charge in [0.1, 0.15) is 0 Å². The molecule has 1 unspecified atom stereocenters. The van der Waals surface area contributed by atoms with Crippen LogP contribution >= 0.6 is 11.8 Å². The van der Waals surface area contributed by atoms with Crippen LogP contribution in [0.4, 0.5) is 10.5 Å². The van der Waals surface area contributed by atoms with Crippen LogP contribution in [0.5, 0.6) is 0 Å². The van der Waals surface area contributed by atoms with Gasteiger partial charge in [-0.2, -0.15) is 4.31 Å². The number of thioether (sulfide) groups is 1. The molecular formula is C23H29N3O4S2. The molecule has 7 nitrogen and oxygen atoms in total. The molecule has 2 amide bonds. The van der Waals surface area contributed by atoms with Gasteiger partial charge in [0.15, 0.2) is 0 Å². The summed E-state index contributed by atoms with van der Waals surface area (Å²) >= 11 is 1.02. The highest BCUT2D eigenvalue weighted by Crippen LogP contribution is 2.30. The van der Waals surface area contributed by atoms with Crippen molar-refractivity contribution in [2.75, 3.05) is 26.0 Å². The van der Waals surface area contributed by atoms with E-state index in [0.717, 1.165) is 31.0 Å². The van der Waals surface area contributed by atoms with Gasteiger partial charge in [0.25, 0.3) is 11.1 Å². The van der Waals surface area contributed by atoms with Gasteiger partial charge in [-0.1, -0.05) is 24.6 Å². The molecule has 0 saturated carbocycles. The molecule has 1 fully saturated rings. The number of carbonyl (C=O) groups is 2. The number of para-hydroxylation sites is 1. The SMILES string of the molecule is Cc1ccc(S(=O)(=O)N2CCCCC2C)cc1C(=O)Nc1ccccc1SC(=O)N(C)C. The number of aryl methyl sites for hydroxylation is 1. The summed E-state index contributed by atoms with van der Waals surface area (Å²) in [6.07, 6.45) is 2.68. The average molecular weight is 476 g/mol. The second-order valence-corrected chi connectivity index (χ2v) is 11.0. The molecule has 0 spiro atoms. The minimum Gasteiger partial charge on any atom is -0.339 e. The normalized spacial score (nSPS) is 17.1. The number of hydrogen-bond donors (Lipinski definition) is 1. The molecule has 3 rings (SSSR count). The summed E-state index contributed by atoms with van der Waals surface area (Å²) in [5, 5.41) is 2.68. The predicted octanol–water partition coefficient (Wildman–Crippen LogP) is 4.58. The number of sulfonamides is 1. The van der Waals surface area contributed by atoms with Crippen molar-refractivity contribution in [3.05, 3.63) is 53.6 Å². The van der Waals surface area contributed by atoms with Crippen LogP contribution in [0.3, 0.4) is 0 Å². The third-order valence-corrected chi connectivity index (χ3v) is 8.63. The molecule has 172 valence electrons. The summed E-state index contributed by atoms with van der Waals surface area (Å²) in [6.45, 7) is 4.18. The second kappa shape index (κ2) is 10.1. The molecule has 32 heavy (non-hydrogen) atoms. The first-order chi connectivity index (χ1) is 15.1. The minimum atomic E-state index is -3.69. The number of hydrogen-bond acceptors (Lipinski definition) is 5. The van der Waals surface area contributed by atoms with E-state index in [0.29, 0.717) is 22.7 Å². The average Bonchev–Trinajstić information content (AvgIpc) is 2.75. The summed E-state index contributed by atoms with van der Waals surface area (Å²) in [5.41, 5.74) is 1.45. The van der Waals surface area contributed by atoms with E-state index in [9.17, 15) is 18.0 Å². The third-order valence-electron chi connectivity index (χ3n) is 5.50. The van der Waals surface area contributed by atoms with Crippen LogP contribution in [0.25, 0.3) is 0 Å². The molecule has 2 aromatic carbocycles. The Morgan fingerprint density at radius 3 is 2.53 bits per heavy atom. The zero-order valence-corrected chi connectivity index (χ0v) is 20.4. The molecule has 0 bridgehead atoms. The molecule has 1 aliphatic rings. The smallest absolute Gasteiger partial charge is 0.286 e. The van der Waals surface area contributed by atoms with Gasteiger partial charge in [0.05, 0.1) is 10.6 Å². The first kappa shape index (κ1) is 24.3. The predicted molar refractivity (Wildman–Crippen MR) is 128 cm³/mol. The Morgan fingerprint density at radius 1 is 1.12 bits per heavy atom. The van der Waals surface area contributed by atoms with Crippen molar-refractivity contribution < 1.29 is 18.0 Å². The molecule has 9 heteroatoms. The molecule has 1 atom stereocenters. The topological polar surface area (TPSA) is 86.8 Å². The van der Waals surface area contributed by atoms with Crippen molar-refractivity contribution in [2.45, 2.75) is 48.9 Å². The number of piperidine rings is 1. The maximum Gasteiger partial charge on any atom is 0.286 e. The summed E-state index contributed by atoms with van der Waals surface area (Å²) in [7, 11) is -0.368. The van der Waals surface area contributed by atoms with Gasteiger partial charge in [0, 0.05) is 37.1 Å². The lowest BCUT2D eigenvalue weighted by molar-refractivity contribution is 0.102. The van der Waals surface area contributed by atoms with E-state index in [4.69, 9.17) is 0 Å². The van der Waals surface area contributed by atoms with Crippen molar-refractivity contribution >= 4 is 38.6 Å². The zero-order chi connectivity index (χ0) is 23.5. The maximum atomic E-state index is 13.2. The minimum absolute atomic E-state index is 0.0644. The van der Waals surface area contributed by atoms with E-state index >= 15 is 0 Å². The van der Waals surface area contributed by atoms with Crippen molar-refractivity contribution in [3.8, 4) is 0 Å². The van der Waals surface area contributed by atoms with Crippen LogP contribution in [0, 0.1) is 6.92 Å². The Balaban J connectivity index is 1.88. The van der Waals surface area contributed by atoms with Crippen LogP contribution in [0.15, 0.2) is 52.3 Å². The van der Waals surface area contributed by atoms with E-state index in [-0.39, 0.29) is 21.7 Å². The number of nitrogens with zero attached hydrogens (tertiary/aromatic N) is 2. The first-order valence-corrected chi connectivity index (χ1v) is 12.8. The van der Waals surface area contributed by atoms with Crippen molar-refractivity contribution in [3.63, 3.8) is 0 Å². The highest BCUT2D eigenvalue weighted by molar-refractivity contribution is 8.13. The first-order valence-electron chi connectivity index (χ1n) is 10.5. The van der Waals surface area contributed by atoms with Gasteiger partial charge in [-0.3, -0.25) is 9.59 Å². The van der Waals surface area contributed by atoms with Crippen LogP contribution < -0.4 is 5.32 Å². The van der Waals surface area contributed by atoms with Crippen LogP contribution in [0.1, 0.15) is 42.1 Å². The van der Waals surface area contributed by atoms with E-state index in [1.165, 1.54) is 15.3 Å². The molecular weight excluding hydrogens is 446 g/mol. The van der Waals surface area contributed by atoms with Crippen molar-refractivity contribution in [1.29, 1.82) is 0 Å². The molecule has 1 heterocycles. The molecule has 1 saturated heterocycles. The Labute approximate surface area is 194 Å². The fourth-order valence-corrected chi connectivity index (χ4v) is 6.08. The summed E-state index contributed by atoms with van der Waals surface area (Å²) < 4.78 is 28.0. The summed E-state index contributed by atoms with van der Waals surface area (Å²) in [4.78, 5) is 27.4. The van der Waals surface area contributed by atoms with Gasteiger partial charge >= 0.3 is 0 Å². The van der Waals surface area contributed by atoms with Gasteiger partial charge in [-0.15, -0.1) is 0 Å². The van der Waals surface area contributed by atoms with Gasteiger partial charge < -0.3 is 10.2 Å². The number of carbonyl (C=O) groups excluding carboxylic acids is 2. The molecule has 0 aliphatic carbocycles. The number of anilines is 1. The second-order valence-electron chi connectivity index (χ2n) is 8.15. The van der Waals surface area contributed by atoms with Crippen LogP contribution in [-0.2, 0) is 10.0 Å². The van der Waals surface area contributed by atoms with Crippen LogP contribution in [0.2, 0.25) is 0 Å². The van der Waals surface area contributed by atoms with Gasteiger partial charge in [0.2, 0.25) is 10.0 Å². The summed E-state index contributed by atoms with van der Waals surface area (Å²) in [5.74, 6) is -0.420. The number of amides is 2. The van der Waals surface area contributed by atoms with E-state index < -0.39 is 15.9 Å². The van der Waals surface area contributed by atoms with E-state index in [1.54, 1.807) is 57.4 Å². The van der Waals surface area contributed by atoms with Crippen molar-refractivity contribution in [1.82, 2.24) is 9.21 Å². The number of benzene rings is 2. The van der Waals surface area contributed by atoms with Gasteiger partial charge in [-0.25, -0.2) is 8.42 Å². The fourth-order valence-electron chi connectivity index (χ4n) is 3.60. The Bertz CT molecular complexity index is 1120. The molecule has 1 aliphatic heterocycles. The Hall–Kier alpha value is -2.36. The maximum absolute atomic E-state index is 13.2. The zero-order valence-electron chi connectivity index (χ0n) is 18.8. The number of rotatable bonds is 5. The highest BCUT2D eigenvalue weighted by Gasteiger charge is 2.31. The molecule has 2 aromatic rings. The number of nitrogens with one attached hydrogen (secondary N) is 1. The monoisotopic (exact) mass is 475 g/mol. The Morgan fingerprint density at radius 2 is 1.84 bits per heavy atom. The van der Waals surface area contributed by atoms with E-state index in [1.807, 2.05) is 6.92 Å². The van der Waals surface area contributed by atoms with E-state index in [2.05, 4.69) is 5.32 Å². The Kier molecular flexibility index (Phi) is 7.63. The third kappa shape index (κ3) is 5.33. The molecule has 1 N–H and O–H groups in total. The van der Waals surface area contributed by atoms with Crippen molar-refractivity contribution in [2.24, 2.45) is 0 Å². The van der Waals surface area contributed by atoms with Crippen LogP contribution in [-0.4, -0.2) is 55.5 Å². The standard InChI is InChI=1S/C23H29N3O4S2/c1-16-12-13-18(32(29,30)26-14-8-7-9-17(26)2)15-19(16)22(27)24-20-10-5-6-11-21(20)31-23(28)25(3)4/h5-6,10-13,15,17H,7-9,14H2,1-4H3,(H,24,27). The molecule has 0 radical (unpaired) electrons. The summed E-state index contributed by atoms with van der Waals surface area (Å²) in [6, 6.07) is 11.6. The molecule has 0 aromatic heterocycles. The van der Waals surface area contributed by atoms with Gasteiger partial charge in [-0.05, 0) is 68.3 Å².